The van der Waals surface area contributed by atoms with E-state index in [2.05, 4.69) is 0 Å². The van der Waals surface area contributed by atoms with E-state index in [9.17, 15) is 19.2 Å². The summed E-state index contributed by atoms with van der Waals surface area (Å²) in [6, 6.07) is 0. The van der Waals surface area contributed by atoms with Gasteiger partial charge in [-0.25, -0.2) is 0 Å². The van der Waals surface area contributed by atoms with E-state index in [1.165, 1.54) is 7.05 Å². The van der Waals surface area contributed by atoms with E-state index in [1.54, 1.807) is 20.8 Å². The van der Waals surface area contributed by atoms with Gasteiger partial charge in [-0.1, -0.05) is 13.8 Å². The summed E-state index contributed by atoms with van der Waals surface area (Å²) in [6.45, 7) is 5.11. The van der Waals surface area contributed by atoms with Crippen molar-refractivity contribution < 1.29 is 19.2 Å². The van der Waals surface area contributed by atoms with Gasteiger partial charge in [0.05, 0.1) is 0 Å². The predicted molar refractivity (Wildman–Crippen MR) is 60.9 cm³/mol. The third kappa shape index (κ3) is 1.28. The summed E-state index contributed by atoms with van der Waals surface area (Å²) in [7, 11) is 1.32. The number of fused-ring (bicyclic) bond motifs is 2. The molecule has 0 aromatic carbocycles. The molecular weight excluding hydrogens is 236 g/mol. The number of piperidine rings is 2. The minimum atomic E-state index is -0.944. The van der Waals surface area contributed by atoms with E-state index in [0.29, 0.717) is 0 Å². The van der Waals surface area contributed by atoms with Crippen LogP contribution < -0.4 is 0 Å². The summed E-state index contributed by atoms with van der Waals surface area (Å²) in [5, 5.41) is 0. The highest BCUT2D eigenvalue weighted by Gasteiger charge is 2.63. The van der Waals surface area contributed by atoms with Gasteiger partial charge in [-0.3, -0.25) is 29.0 Å². The molecular formula is C12H16N2O4. The molecule has 2 atom stereocenters. The molecule has 2 aliphatic heterocycles. The van der Waals surface area contributed by atoms with Gasteiger partial charge < -0.3 is 0 Å². The lowest BCUT2D eigenvalue weighted by atomic mass is 9.62. The van der Waals surface area contributed by atoms with Gasteiger partial charge in [0, 0.05) is 19.0 Å². The fraction of sp³-hybridized carbons (Fsp3) is 0.667. The summed E-state index contributed by atoms with van der Waals surface area (Å²) in [6.07, 6.45) is 0. The molecule has 18 heavy (non-hydrogen) atoms. The van der Waals surface area contributed by atoms with Gasteiger partial charge in [0.1, 0.15) is 11.8 Å². The Morgan fingerprint density at radius 3 is 1.67 bits per heavy atom. The lowest BCUT2D eigenvalue weighted by molar-refractivity contribution is -0.182. The summed E-state index contributed by atoms with van der Waals surface area (Å²) >= 11 is 0. The average Bonchev–Trinajstić information content (AvgIpc) is 2.25. The number of carbonyl (C=O) groups excluding carboxylic acids is 4. The van der Waals surface area contributed by atoms with Crippen molar-refractivity contribution in [1.82, 2.24) is 9.80 Å². The van der Waals surface area contributed by atoms with E-state index < -0.39 is 40.9 Å². The van der Waals surface area contributed by atoms with Crippen LogP contribution in [-0.2, 0) is 19.2 Å². The number of hydrogen-bond acceptors (Lipinski definition) is 4. The van der Waals surface area contributed by atoms with E-state index >= 15 is 0 Å². The molecule has 98 valence electrons. The zero-order valence-electron chi connectivity index (χ0n) is 10.9. The molecule has 4 amide bonds. The Kier molecular flexibility index (Phi) is 2.57. The van der Waals surface area contributed by atoms with Crippen molar-refractivity contribution in [3.8, 4) is 0 Å². The van der Waals surface area contributed by atoms with E-state index in [4.69, 9.17) is 0 Å². The number of rotatable bonds is 1. The van der Waals surface area contributed by atoms with Crippen molar-refractivity contribution in [2.75, 3.05) is 13.6 Å². The first kappa shape index (κ1) is 12.7. The predicted octanol–water partition coefficient (Wildman–Crippen LogP) is -0.368. The molecule has 2 fully saturated rings. The van der Waals surface area contributed by atoms with Crippen LogP contribution in [0.2, 0.25) is 0 Å². The van der Waals surface area contributed by atoms with Crippen molar-refractivity contribution in [3.05, 3.63) is 0 Å². The van der Waals surface area contributed by atoms with Crippen molar-refractivity contribution in [2.24, 2.45) is 17.3 Å². The Morgan fingerprint density at radius 2 is 1.33 bits per heavy atom. The summed E-state index contributed by atoms with van der Waals surface area (Å²) in [5.74, 6) is -3.90. The zero-order chi connectivity index (χ0) is 13.8. The molecule has 2 unspecified atom stereocenters. The van der Waals surface area contributed by atoms with Crippen molar-refractivity contribution >= 4 is 23.6 Å². The molecule has 2 heterocycles. The third-order valence-electron chi connectivity index (χ3n) is 3.99. The molecule has 6 nitrogen and oxygen atoms in total. The second-order valence-electron chi connectivity index (χ2n) is 5.34. The smallest absolute Gasteiger partial charge is 0.242 e. The van der Waals surface area contributed by atoms with Gasteiger partial charge in [-0.2, -0.15) is 0 Å². The van der Waals surface area contributed by atoms with Gasteiger partial charge in [-0.15, -0.1) is 0 Å². The molecule has 0 radical (unpaired) electrons. The number of nitrogens with zero attached hydrogens (tertiary/aromatic N) is 2. The summed E-state index contributed by atoms with van der Waals surface area (Å²) in [5.41, 5.74) is -0.944. The molecule has 6 heteroatoms. The van der Waals surface area contributed by atoms with Gasteiger partial charge in [-0.05, 0) is 6.92 Å². The first-order valence-electron chi connectivity index (χ1n) is 5.91. The first-order chi connectivity index (χ1) is 8.25. The molecule has 0 saturated carbocycles. The molecule has 0 aromatic rings. The molecule has 2 bridgehead atoms. The maximum absolute atomic E-state index is 12.2. The van der Waals surface area contributed by atoms with Crippen molar-refractivity contribution in [2.45, 2.75) is 20.8 Å². The summed E-state index contributed by atoms with van der Waals surface area (Å²) < 4.78 is 0. The maximum Gasteiger partial charge on any atom is 0.242 e. The van der Waals surface area contributed by atoms with Crippen LogP contribution in [0.5, 0.6) is 0 Å². The van der Waals surface area contributed by atoms with Crippen LogP contribution in [0, 0.1) is 17.3 Å². The highest BCUT2D eigenvalue weighted by Crippen LogP contribution is 2.46. The van der Waals surface area contributed by atoms with E-state index in [0.717, 1.165) is 9.80 Å². The minimum absolute atomic E-state index is 0.186. The normalized spacial score (nSPS) is 31.1. The van der Waals surface area contributed by atoms with E-state index in [-0.39, 0.29) is 6.54 Å². The molecule has 0 aliphatic carbocycles. The van der Waals surface area contributed by atoms with Crippen LogP contribution >= 0.6 is 0 Å². The zero-order valence-corrected chi connectivity index (χ0v) is 10.9. The largest absolute Gasteiger partial charge is 0.284 e. The van der Waals surface area contributed by atoms with Crippen molar-refractivity contribution in [3.63, 3.8) is 0 Å². The Bertz CT molecular complexity index is 431. The van der Waals surface area contributed by atoms with Gasteiger partial charge in [0.25, 0.3) is 0 Å². The molecule has 2 aliphatic rings. The van der Waals surface area contributed by atoms with Crippen LogP contribution in [0.1, 0.15) is 20.8 Å². The molecule has 0 N–H and O–H groups in total. The van der Waals surface area contributed by atoms with E-state index in [1.807, 2.05) is 0 Å². The second-order valence-corrected chi connectivity index (χ2v) is 5.34. The molecule has 2 saturated heterocycles. The topological polar surface area (TPSA) is 74.8 Å². The number of hydrogen-bond donors (Lipinski definition) is 0. The number of amides is 4. The number of carbonyl (C=O) groups is 4. The third-order valence-corrected chi connectivity index (χ3v) is 3.99. The van der Waals surface area contributed by atoms with Crippen LogP contribution in [0.25, 0.3) is 0 Å². The Balaban J connectivity index is 2.61. The SMILES string of the molecule is CCN1C(=O)C2C(=O)N(C)C(=O)C(C1=O)C2(C)C. The van der Waals surface area contributed by atoms with Gasteiger partial charge >= 0.3 is 0 Å². The quantitative estimate of drug-likeness (QED) is 0.471. The highest BCUT2D eigenvalue weighted by molar-refractivity contribution is 6.22. The monoisotopic (exact) mass is 252 g/mol. The molecule has 2 rings (SSSR count). The lowest BCUT2D eigenvalue weighted by Crippen LogP contribution is -2.69. The lowest BCUT2D eigenvalue weighted by Gasteiger charge is -2.50. The summed E-state index contributed by atoms with van der Waals surface area (Å²) in [4.78, 5) is 50.5. The fourth-order valence-corrected chi connectivity index (χ4v) is 2.88. The Morgan fingerprint density at radius 1 is 0.944 bits per heavy atom. The average molecular weight is 252 g/mol. The maximum atomic E-state index is 12.2. The van der Waals surface area contributed by atoms with Crippen LogP contribution in [0.4, 0.5) is 0 Å². The van der Waals surface area contributed by atoms with Gasteiger partial charge in [0.15, 0.2) is 0 Å². The van der Waals surface area contributed by atoms with Crippen LogP contribution in [0.15, 0.2) is 0 Å². The fourth-order valence-electron chi connectivity index (χ4n) is 2.88. The van der Waals surface area contributed by atoms with Gasteiger partial charge in [0.2, 0.25) is 23.6 Å². The Labute approximate surface area is 105 Å². The standard InChI is InChI=1S/C12H16N2O4/c1-5-14-10(17)6-8(15)13(4)9(16)7(11(14)18)12(6,2)3/h6-7H,5H2,1-4H3. The highest BCUT2D eigenvalue weighted by atomic mass is 16.2. The minimum Gasteiger partial charge on any atom is -0.284 e. The second kappa shape index (κ2) is 3.63. The molecule has 0 aromatic heterocycles. The molecule has 0 spiro atoms. The van der Waals surface area contributed by atoms with Crippen LogP contribution in [-0.4, -0.2) is 47.0 Å². The number of likely N-dealkylation sites (tertiary alicyclic amines) is 2. The first-order valence-corrected chi connectivity index (χ1v) is 5.91. The number of imide groups is 2. The Hall–Kier alpha value is -1.72. The van der Waals surface area contributed by atoms with Crippen molar-refractivity contribution in [1.29, 1.82) is 0 Å². The van der Waals surface area contributed by atoms with Crippen LogP contribution in [0.3, 0.4) is 0 Å².